The summed E-state index contributed by atoms with van der Waals surface area (Å²) in [4.78, 5) is 10.00. The summed E-state index contributed by atoms with van der Waals surface area (Å²) in [7, 11) is 0. The van der Waals surface area contributed by atoms with Crippen LogP contribution >= 0.6 is 0 Å². The molecule has 3 nitrogen and oxygen atoms in total. The molecule has 0 bridgehead atoms. The number of benzene rings is 5. The molecule has 0 atom stereocenters. The molecule has 0 aliphatic rings. The third kappa shape index (κ3) is 5.32. The lowest BCUT2D eigenvalue weighted by Crippen LogP contribution is -2.17. The van der Waals surface area contributed by atoms with Gasteiger partial charge in [-0.3, -0.25) is 4.99 Å². The minimum atomic E-state index is 0.0434. The lowest BCUT2D eigenvalue weighted by Gasteiger charge is -2.25. The van der Waals surface area contributed by atoms with Crippen molar-refractivity contribution in [1.29, 1.82) is 0 Å². The van der Waals surface area contributed by atoms with E-state index in [1.807, 2.05) is 42.6 Å². The van der Waals surface area contributed by atoms with Gasteiger partial charge in [0.1, 0.15) is 5.52 Å². The van der Waals surface area contributed by atoms with E-state index >= 15 is 0 Å². The van der Waals surface area contributed by atoms with Crippen molar-refractivity contribution in [3.05, 3.63) is 120 Å². The van der Waals surface area contributed by atoms with E-state index in [1.54, 1.807) is 0 Å². The Hall–Kier alpha value is -4.50. The zero-order chi connectivity index (χ0) is 28.8. The number of hydrogen-bond donors (Lipinski definition) is 0. The van der Waals surface area contributed by atoms with E-state index < -0.39 is 0 Å². The number of fused-ring (bicyclic) bond motifs is 2. The van der Waals surface area contributed by atoms with Gasteiger partial charge in [-0.2, -0.15) is 0 Å². The van der Waals surface area contributed by atoms with Crippen molar-refractivity contribution in [2.24, 2.45) is 4.99 Å². The monoisotopic (exact) mass is 536 g/mol. The van der Waals surface area contributed by atoms with Gasteiger partial charge < -0.3 is 4.42 Å². The fraction of sp³-hybridized carbons (Fsp3) is 0.211. The molecule has 1 heterocycles. The fourth-order valence-corrected chi connectivity index (χ4v) is 5.24. The highest BCUT2D eigenvalue weighted by Crippen LogP contribution is 2.38. The summed E-state index contributed by atoms with van der Waals surface area (Å²) in [5.41, 5.74) is 9.30. The molecule has 0 spiro atoms. The SMILES string of the molecule is CC(C)(C)c1cc(C=Nc2ccccc2-c2nc3c(-c4cccc5ccccc45)cccc3o2)cc(C(C)(C)C)c1. The number of nitrogens with zero attached hydrogens (tertiary/aromatic N) is 2. The highest BCUT2D eigenvalue weighted by Gasteiger charge is 2.21. The smallest absolute Gasteiger partial charge is 0.229 e. The minimum absolute atomic E-state index is 0.0434. The first kappa shape index (κ1) is 26.7. The zero-order valence-electron chi connectivity index (χ0n) is 24.7. The van der Waals surface area contributed by atoms with Gasteiger partial charge >= 0.3 is 0 Å². The van der Waals surface area contributed by atoms with Gasteiger partial charge in [-0.1, -0.05) is 114 Å². The summed E-state index contributed by atoms with van der Waals surface area (Å²) in [6.45, 7) is 13.5. The van der Waals surface area contributed by atoms with Gasteiger partial charge in [-0.05, 0) is 74.2 Å². The maximum absolute atomic E-state index is 6.36. The van der Waals surface area contributed by atoms with Crippen LogP contribution < -0.4 is 0 Å². The standard InChI is InChI=1S/C38H36N2O/c1-37(2,3)27-21-25(22-28(23-27)38(4,5)6)24-39-33-19-10-9-16-32(33)36-40-35-31(18-12-20-34(35)41-36)30-17-11-14-26-13-7-8-15-29(26)30/h7-24H,1-6H3. The van der Waals surface area contributed by atoms with Crippen LogP contribution in [0.1, 0.15) is 58.2 Å². The second-order valence-corrected chi connectivity index (χ2v) is 12.8. The largest absolute Gasteiger partial charge is 0.436 e. The number of oxazole rings is 1. The number of aromatic nitrogens is 1. The molecule has 6 rings (SSSR count). The zero-order valence-corrected chi connectivity index (χ0v) is 24.7. The summed E-state index contributed by atoms with van der Waals surface area (Å²) in [6, 6.07) is 35.9. The van der Waals surface area contributed by atoms with E-state index in [9.17, 15) is 0 Å². The molecule has 3 heteroatoms. The van der Waals surface area contributed by atoms with Gasteiger partial charge in [0.05, 0.1) is 11.3 Å². The van der Waals surface area contributed by atoms with Crippen LogP contribution in [0.4, 0.5) is 5.69 Å². The highest BCUT2D eigenvalue weighted by atomic mass is 16.3. The summed E-state index contributed by atoms with van der Waals surface area (Å²) >= 11 is 0. The van der Waals surface area contributed by atoms with Crippen molar-refractivity contribution in [1.82, 2.24) is 4.98 Å². The molecule has 0 saturated carbocycles. The van der Waals surface area contributed by atoms with Crippen LogP contribution in [-0.2, 0) is 10.8 Å². The molecule has 0 saturated heterocycles. The Kier molecular flexibility index (Phi) is 6.62. The van der Waals surface area contributed by atoms with Crippen LogP contribution in [0.15, 0.2) is 113 Å². The normalized spacial score (nSPS) is 12.5. The molecular formula is C38H36N2O. The molecule has 0 amide bonds. The first-order valence-corrected chi connectivity index (χ1v) is 14.3. The fourth-order valence-electron chi connectivity index (χ4n) is 5.24. The molecule has 204 valence electrons. The van der Waals surface area contributed by atoms with E-state index in [4.69, 9.17) is 14.4 Å². The summed E-state index contributed by atoms with van der Waals surface area (Å²) in [6.07, 6.45) is 1.97. The molecule has 1 aromatic heterocycles. The molecule has 0 aliphatic heterocycles. The van der Waals surface area contributed by atoms with Gasteiger partial charge in [0.2, 0.25) is 5.89 Å². The van der Waals surface area contributed by atoms with Gasteiger partial charge in [0, 0.05) is 11.8 Å². The first-order valence-electron chi connectivity index (χ1n) is 14.3. The molecule has 0 fully saturated rings. The third-order valence-electron chi connectivity index (χ3n) is 7.67. The van der Waals surface area contributed by atoms with Crippen LogP contribution in [0.5, 0.6) is 0 Å². The molecule has 5 aromatic carbocycles. The Morgan fingerprint density at radius 1 is 0.634 bits per heavy atom. The number of rotatable bonds is 4. The average Bonchev–Trinajstić information content (AvgIpc) is 3.39. The van der Waals surface area contributed by atoms with Gasteiger partial charge in [0.15, 0.2) is 5.58 Å². The Labute approximate surface area is 242 Å². The molecule has 41 heavy (non-hydrogen) atoms. The minimum Gasteiger partial charge on any atom is -0.436 e. The van der Waals surface area contributed by atoms with E-state index in [-0.39, 0.29) is 10.8 Å². The molecule has 0 aliphatic carbocycles. The maximum atomic E-state index is 6.36. The average molecular weight is 537 g/mol. The number of para-hydroxylation sites is 2. The molecular weight excluding hydrogens is 500 g/mol. The van der Waals surface area contributed by atoms with Crippen molar-refractivity contribution in [2.75, 3.05) is 0 Å². The maximum Gasteiger partial charge on any atom is 0.229 e. The summed E-state index contributed by atoms with van der Waals surface area (Å²) in [5.74, 6) is 0.569. The predicted octanol–water partition coefficient (Wildman–Crippen LogP) is 10.7. The van der Waals surface area contributed by atoms with Crippen LogP contribution in [-0.4, -0.2) is 11.2 Å². The Bertz CT molecular complexity index is 1870. The molecule has 0 N–H and O–H groups in total. The number of aliphatic imine (C=N–C) groups is 1. The quantitative estimate of drug-likeness (QED) is 0.210. The summed E-state index contributed by atoms with van der Waals surface area (Å²) < 4.78 is 6.36. The van der Waals surface area contributed by atoms with Crippen LogP contribution in [0, 0.1) is 0 Å². The van der Waals surface area contributed by atoms with Crippen molar-refractivity contribution in [2.45, 2.75) is 52.4 Å². The van der Waals surface area contributed by atoms with E-state index in [0.717, 1.165) is 39.0 Å². The molecule has 6 aromatic rings. The highest BCUT2D eigenvalue weighted by molar-refractivity contribution is 6.03. The third-order valence-corrected chi connectivity index (χ3v) is 7.67. The molecule has 0 unspecified atom stereocenters. The second kappa shape index (κ2) is 10.2. The van der Waals surface area contributed by atoms with Crippen LogP contribution in [0.2, 0.25) is 0 Å². The van der Waals surface area contributed by atoms with Crippen molar-refractivity contribution < 1.29 is 4.42 Å². The van der Waals surface area contributed by atoms with Gasteiger partial charge in [0.25, 0.3) is 0 Å². The van der Waals surface area contributed by atoms with Crippen molar-refractivity contribution in [3.8, 4) is 22.6 Å². The Balaban J connectivity index is 1.43. The van der Waals surface area contributed by atoms with Crippen molar-refractivity contribution >= 4 is 33.8 Å². The molecule has 0 radical (unpaired) electrons. The topological polar surface area (TPSA) is 38.4 Å². The van der Waals surface area contributed by atoms with Crippen LogP contribution in [0.3, 0.4) is 0 Å². The van der Waals surface area contributed by atoms with E-state index in [1.165, 1.54) is 21.9 Å². The van der Waals surface area contributed by atoms with Crippen LogP contribution in [0.25, 0.3) is 44.5 Å². The lowest BCUT2D eigenvalue weighted by atomic mass is 9.79. The Morgan fingerprint density at radius 3 is 2.00 bits per heavy atom. The second-order valence-electron chi connectivity index (χ2n) is 12.8. The van der Waals surface area contributed by atoms with E-state index in [2.05, 4.69) is 108 Å². The van der Waals surface area contributed by atoms with Gasteiger partial charge in [-0.15, -0.1) is 0 Å². The van der Waals surface area contributed by atoms with Crippen molar-refractivity contribution in [3.63, 3.8) is 0 Å². The van der Waals surface area contributed by atoms with Gasteiger partial charge in [-0.25, -0.2) is 4.98 Å². The predicted molar refractivity (Wildman–Crippen MR) is 173 cm³/mol. The summed E-state index contributed by atoms with van der Waals surface area (Å²) in [5, 5.41) is 2.40. The lowest BCUT2D eigenvalue weighted by molar-refractivity contribution is 0.568. The van der Waals surface area contributed by atoms with E-state index in [0.29, 0.717) is 5.89 Å². The number of hydrogen-bond acceptors (Lipinski definition) is 3. The Morgan fingerprint density at radius 2 is 1.24 bits per heavy atom. The first-order chi connectivity index (χ1) is 19.6.